The first-order valence-electron chi connectivity index (χ1n) is 7.98. The lowest BCUT2D eigenvalue weighted by molar-refractivity contribution is -0.121. The monoisotopic (exact) mass is 352 g/mol. The van der Waals surface area contributed by atoms with Gasteiger partial charge in [0.1, 0.15) is 5.52 Å². The summed E-state index contributed by atoms with van der Waals surface area (Å²) in [5.41, 5.74) is 1.88. The second kappa shape index (κ2) is 6.52. The predicted molar refractivity (Wildman–Crippen MR) is 97.7 cm³/mol. The number of carbonyl (C=O) groups is 1. The van der Waals surface area contributed by atoms with Crippen LogP contribution in [0.15, 0.2) is 59.0 Å². The third-order valence-corrected chi connectivity index (χ3v) is 4.97. The van der Waals surface area contributed by atoms with Gasteiger partial charge in [0.05, 0.1) is 12.1 Å². The van der Waals surface area contributed by atoms with E-state index in [1.165, 1.54) is 0 Å². The van der Waals surface area contributed by atoms with Gasteiger partial charge in [0.2, 0.25) is 5.91 Å². The molecule has 0 radical (unpaired) electrons. The van der Waals surface area contributed by atoms with E-state index in [4.69, 9.17) is 0 Å². The molecule has 4 aromatic rings. The number of hydrogen-bond acceptors (Lipinski definition) is 4. The number of fused-ring (bicyclic) bond motifs is 3. The topological polar surface area (TPSA) is 68.4 Å². The highest BCUT2D eigenvalue weighted by Gasteiger charge is 2.12. The van der Waals surface area contributed by atoms with Crippen LogP contribution in [0, 0.1) is 0 Å². The molecule has 0 aliphatic carbocycles. The molecule has 126 valence electrons. The SMILES string of the molecule is O=C(CCn1c(=O)c2cccn2c2cccnc21)NCc1cccs1. The van der Waals surface area contributed by atoms with Gasteiger partial charge in [-0.15, -0.1) is 11.3 Å². The highest BCUT2D eigenvalue weighted by Crippen LogP contribution is 2.13. The summed E-state index contributed by atoms with van der Waals surface area (Å²) in [6, 6.07) is 11.3. The summed E-state index contributed by atoms with van der Waals surface area (Å²) in [5, 5.41) is 4.86. The number of amides is 1. The molecule has 7 heteroatoms. The van der Waals surface area contributed by atoms with Gasteiger partial charge in [-0.25, -0.2) is 4.98 Å². The van der Waals surface area contributed by atoms with E-state index in [0.29, 0.717) is 24.3 Å². The molecule has 0 spiro atoms. The fourth-order valence-electron chi connectivity index (χ4n) is 2.89. The van der Waals surface area contributed by atoms with Crippen molar-refractivity contribution in [3.63, 3.8) is 0 Å². The van der Waals surface area contributed by atoms with Gasteiger partial charge in [0.25, 0.3) is 5.56 Å². The Morgan fingerprint density at radius 2 is 2.04 bits per heavy atom. The second-order valence-electron chi connectivity index (χ2n) is 5.67. The van der Waals surface area contributed by atoms with Crippen molar-refractivity contribution >= 4 is 33.9 Å². The Balaban J connectivity index is 1.59. The van der Waals surface area contributed by atoms with Crippen LogP contribution in [0.1, 0.15) is 11.3 Å². The van der Waals surface area contributed by atoms with E-state index < -0.39 is 0 Å². The van der Waals surface area contributed by atoms with Gasteiger partial charge in [-0.2, -0.15) is 0 Å². The molecule has 1 N–H and O–H groups in total. The fourth-order valence-corrected chi connectivity index (χ4v) is 3.54. The smallest absolute Gasteiger partial charge is 0.276 e. The number of nitrogens with one attached hydrogen (secondary N) is 1. The quantitative estimate of drug-likeness (QED) is 0.600. The minimum absolute atomic E-state index is 0.0837. The molecule has 0 aliphatic heterocycles. The number of hydrogen-bond donors (Lipinski definition) is 1. The van der Waals surface area contributed by atoms with Gasteiger partial charge in [-0.1, -0.05) is 6.07 Å². The Hall–Kier alpha value is -2.93. The molecule has 0 saturated carbocycles. The van der Waals surface area contributed by atoms with Gasteiger partial charge < -0.3 is 9.72 Å². The minimum atomic E-state index is -0.137. The molecular formula is C18H16N4O2S. The van der Waals surface area contributed by atoms with E-state index in [2.05, 4.69) is 10.3 Å². The van der Waals surface area contributed by atoms with E-state index in [1.807, 2.05) is 46.3 Å². The third-order valence-electron chi connectivity index (χ3n) is 4.10. The molecule has 1 amide bonds. The van der Waals surface area contributed by atoms with Gasteiger partial charge in [-0.05, 0) is 35.7 Å². The summed E-state index contributed by atoms with van der Waals surface area (Å²) in [6.45, 7) is 0.812. The largest absolute Gasteiger partial charge is 0.351 e. The van der Waals surface area contributed by atoms with Crippen LogP contribution < -0.4 is 10.9 Å². The maximum absolute atomic E-state index is 12.7. The van der Waals surface area contributed by atoms with Gasteiger partial charge in [0.15, 0.2) is 5.65 Å². The van der Waals surface area contributed by atoms with Crippen LogP contribution in [-0.4, -0.2) is 19.9 Å². The third kappa shape index (κ3) is 2.94. The van der Waals surface area contributed by atoms with Crippen LogP contribution in [0.2, 0.25) is 0 Å². The van der Waals surface area contributed by atoms with Gasteiger partial charge >= 0.3 is 0 Å². The van der Waals surface area contributed by atoms with Crippen molar-refractivity contribution in [2.45, 2.75) is 19.5 Å². The molecule has 0 atom stereocenters. The average Bonchev–Trinajstić information content (AvgIpc) is 3.31. The van der Waals surface area contributed by atoms with Crippen molar-refractivity contribution in [2.24, 2.45) is 0 Å². The molecule has 4 heterocycles. The van der Waals surface area contributed by atoms with Crippen molar-refractivity contribution < 1.29 is 4.79 Å². The van der Waals surface area contributed by atoms with Crippen LogP contribution in [0.25, 0.3) is 16.7 Å². The number of nitrogens with zero attached hydrogens (tertiary/aromatic N) is 3. The molecule has 0 unspecified atom stereocenters. The molecule has 4 aromatic heterocycles. The van der Waals surface area contributed by atoms with Crippen LogP contribution in [0.3, 0.4) is 0 Å². The van der Waals surface area contributed by atoms with E-state index >= 15 is 0 Å². The summed E-state index contributed by atoms with van der Waals surface area (Å²) in [7, 11) is 0. The normalized spacial score (nSPS) is 11.2. The van der Waals surface area contributed by atoms with Crippen molar-refractivity contribution in [1.29, 1.82) is 0 Å². The summed E-state index contributed by atoms with van der Waals surface area (Å²) < 4.78 is 3.41. The zero-order chi connectivity index (χ0) is 17.2. The zero-order valence-electron chi connectivity index (χ0n) is 13.4. The molecule has 25 heavy (non-hydrogen) atoms. The molecular weight excluding hydrogens is 336 g/mol. The summed E-state index contributed by atoms with van der Waals surface area (Å²) in [6.07, 6.45) is 3.73. The second-order valence-corrected chi connectivity index (χ2v) is 6.70. The molecule has 6 nitrogen and oxygen atoms in total. The van der Waals surface area contributed by atoms with Gasteiger partial charge in [-0.3, -0.25) is 14.2 Å². The van der Waals surface area contributed by atoms with Crippen molar-refractivity contribution in [2.75, 3.05) is 0 Å². The number of aromatic nitrogens is 3. The lowest BCUT2D eigenvalue weighted by atomic mass is 10.3. The predicted octanol–water partition coefficient (Wildman–Crippen LogP) is 2.42. The van der Waals surface area contributed by atoms with Crippen LogP contribution in [-0.2, 0) is 17.9 Å². The lowest BCUT2D eigenvalue weighted by Crippen LogP contribution is -2.28. The Labute approximate surface area is 147 Å². The highest BCUT2D eigenvalue weighted by molar-refractivity contribution is 7.09. The Kier molecular flexibility index (Phi) is 4.07. The first-order chi connectivity index (χ1) is 12.2. The molecule has 4 rings (SSSR count). The van der Waals surface area contributed by atoms with Crippen molar-refractivity contribution in [3.8, 4) is 0 Å². The first-order valence-corrected chi connectivity index (χ1v) is 8.86. The molecule has 0 fully saturated rings. The average molecular weight is 352 g/mol. The number of aryl methyl sites for hydroxylation is 1. The lowest BCUT2D eigenvalue weighted by Gasteiger charge is -2.11. The zero-order valence-corrected chi connectivity index (χ0v) is 14.2. The fraction of sp³-hybridized carbons (Fsp3) is 0.167. The molecule has 0 saturated heterocycles. The highest BCUT2D eigenvalue weighted by atomic mass is 32.1. The number of thiophene rings is 1. The standard InChI is InChI=1S/C18H16N4O2S/c23-16(20-12-13-4-3-11-25-13)7-10-22-17-14(5-1-8-19-17)21-9-2-6-15(21)18(22)24/h1-6,8-9,11H,7,10,12H2,(H,20,23). The number of carbonyl (C=O) groups excluding carboxylic acids is 1. The van der Waals surface area contributed by atoms with Gasteiger partial charge in [0, 0.05) is 30.2 Å². The van der Waals surface area contributed by atoms with E-state index in [9.17, 15) is 9.59 Å². The molecule has 0 bridgehead atoms. The summed E-state index contributed by atoms with van der Waals surface area (Å²) in [4.78, 5) is 30.3. The van der Waals surface area contributed by atoms with Crippen molar-refractivity contribution in [1.82, 2.24) is 19.3 Å². The number of rotatable bonds is 5. The molecule has 0 aromatic carbocycles. The summed E-state index contributed by atoms with van der Waals surface area (Å²) >= 11 is 1.60. The maximum atomic E-state index is 12.7. The van der Waals surface area contributed by atoms with Crippen LogP contribution in [0.5, 0.6) is 0 Å². The Morgan fingerprint density at radius 3 is 2.88 bits per heavy atom. The molecule has 0 aliphatic rings. The maximum Gasteiger partial charge on any atom is 0.276 e. The van der Waals surface area contributed by atoms with E-state index in [-0.39, 0.29) is 17.9 Å². The van der Waals surface area contributed by atoms with Crippen molar-refractivity contribution in [3.05, 3.63) is 69.4 Å². The first kappa shape index (κ1) is 15.6. The van der Waals surface area contributed by atoms with Crippen LogP contribution in [0.4, 0.5) is 0 Å². The van der Waals surface area contributed by atoms with E-state index in [0.717, 1.165) is 10.4 Å². The number of pyridine rings is 1. The minimum Gasteiger partial charge on any atom is -0.351 e. The Bertz CT molecular complexity index is 1100. The van der Waals surface area contributed by atoms with E-state index in [1.54, 1.807) is 28.2 Å². The summed E-state index contributed by atoms with van der Waals surface area (Å²) in [5.74, 6) is -0.0837. The van der Waals surface area contributed by atoms with Crippen LogP contribution >= 0.6 is 11.3 Å². The Morgan fingerprint density at radius 1 is 1.16 bits per heavy atom.